The number of amides is 1. The van der Waals surface area contributed by atoms with Gasteiger partial charge in [0, 0.05) is 44.4 Å². The van der Waals surface area contributed by atoms with Crippen LogP contribution in [0.5, 0.6) is 0 Å². The molecule has 158 valence electrons. The molecule has 29 heavy (non-hydrogen) atoms. The number of anilines is 1. The zero-order valence-electron chi connectivity index (χ0n) is 17.1. The summed E-state index contributed by atoms with van der Waals surface area (Å²) in [5.74, 6) is 2.24. The van der Waals surface area contributed by atoms with Crippen molar-refractivity contribution in [2.45, 2.75) is 46.1 Å². The molecular formula is C20H30N6O3. The van der Waals surface area contributed by atoms with Crippen molar-refractivity contribution in [1.82, 2.24) is 24.8 Å². The number of nitrogens with one attached hydrogen (secondary N) is 1. The van der Waals surface area contributed by atoms with Gasteiger partial charge >= 0.3 is 0 Å². The molecule has 0 saturated carbocycles. The van der Waals surface area contributed by atoms with E-state index in [-0.39, 0.29) is 12.4 Å². The van der Waals surface area contributed by atoms with Crippen molar-refractivity contribution >= 4 is 18.3 Å². The van der Waals surface area contributed by atoms with E-state index < -0.39 is 0 Å². The molecule has 1 aliphatic rings. The number of piperidine rings is 1. The molecule has 0 radical (unpaired) electrons. The van der Waals surface area contributed by atoms with E-state index in [0.717, 1.165) is 57.1 Å². The predicted molar refractivity (Wildman–Crippen MR) is 110 cm³/mol. The number of imidazole rings is 1. The largest absolute Gasteiger partial charge is 0.483 e. The minimum absolute atomic E-state index is 0.0448. The third-order valence-electron chi connectivity index (χ3n) is 4.95. The first-order valence-corrected chi connectivity index (χ1v) is 9.95. The van der Waals surface area contributed by atoms with Crippen LogP contribution in [-0.2, 0) is 22.6 Å². The predicted octanol–water partition coefficient (Wildman–Crippen LogP) is 1.67. The molecule has 9 heteroatoms. The molecule has 1 saturated heterocycles. The van der Waals surface area contributed by atoms with Crippen molar-refractivity contribution in [3.05, 3.63) is 36.2 Å². The minimum Gasteiger partial charge on any atom is -0.483 e. The van der Waals surface area contributed by atoms with Crippen LogP contribution in [0.25, 0.3) is 0 Å². The topological polar surface area (TPSA) is 113 Å². The zero-order chi connectivity index (χ0) is 21.1. The van der Waals surface area contributed by atoms with Gasteiger partial charge < -0.3 is 19.9 Å². The van der Waals surface area contributed by atoms with Gasteiger partial charge in [-0.15, -0.1) is 0 Å². The number of hydrogen-bond acceptors (Lipinski definition) is 6. The monoisotopic (exact) mass is 402 g/mol. The lowest BCUT2D eigenvalue weighted by molar-refractivity contribution is -0.123. The van der Waals surface area contributed by atoms with Crippen molar-refractivity contribution < 1.29 is 14.7 Å². The van der Waals surface area contributed by atoms with Gasteiger partial charge in [0.05, 0.1) is 0 Å². The van der Waals surface area contributed by atoms with E-state index in [1.165, 1.54) is 5.56 Å². The van der Waals surface area contributed by atoms with Gasteiger partial charge in [-0.3, -0.25) is 9.59 Å². The number of hydrogen-bond donors (Lipinski definition) is 2. The molecule has 1 amide bonds. The van der Waals surface area contributed by atoms with Gasteiger partial charge in [0.1, 0.15) is 12.4 Å². The molecule has 0 unspecified atom stereocenters. The molecular weight excluding hydrogens is 372 g/mol. The second kappa shape index (κ2) is 11.8. The molecule has 3 heterocycles. The number of carbonyl (C=O) groups is 2. The number of carbonyl (C=O) groups excluding carboxylic acids is 1. The Labute approximate surface area is 171 Å². The molecule has 9 nitrogen and oxygen atoms in total. The molecule has 0 spiro atoms. The number of rotatable bonds is 7. The second-order valence-corrected chi connectivity index (χ2v) is 7.08. The van der Waals surface area contributed by atoms with E-state index in [1.807, 2.05) is 30.1 Å². The summed E-state index contributed by atoms with van der Waals surface area (Å²) >= 11 is 0. The van der Waals surface area contributed by atoms with Crippen LogP contribution in [0.15, 0.2) is 24.8 Å². The maximum absolute atomic E-state index is 12.1. The van der Waals surface area contributed by atoms with E-state index >= 15 is 0 Å². The SMILES string of the molecule is CCCc1cnc(N2CCC(CNC(=O)Cn3ccnc3C)CC2)nc1.O=CO. The van der Waals surface area contributed by atoms with E-state index in [1.54, 1.807) is 6.20 Å². The van der Waals surface area contributed by atoms with Crippen LogP contribution in [0.2, 0.25) is 0 Å². The van der Waals surface area contributed by atoms with Crippen LogP contribution in [0, 0.1) is 12.8 Å². The maximum atomic E-state index is 12.1. The molecule has 1 fully saturated rings. The van der Waals surface area contributed by atoms with Gasteiger partial charge in [0.15, 0.2) is 0 Å². The summed E-state index contributed by atoms with van der Waals surface area (Å²) in [6, 6.07) is 0. The molecule has 2 aromatic rings. The molecule has 3 rings (SSSR count). The quantitative estimate of drug-likeness (QED) is 0.677. The number of aromatic nitrogens is 4. The van der Waals surface area contributed by atoms with Crippen LogP contribution < -0.4 is 10.2 Å². The fraction of sp³-hybridized carbons (Fsp3) is 0.550. The third-order valence-corrected chi connectivity index (χ3v) is 4.95. The van der Waals surface area contributed by atoms with Crippen molar-refractivity contribution in [3.8, 4) is 0 Å². The van der Waals surface area contributed by atoms with Crippen LogP contribution in [0.4, 0.5) is 5.95 Å². The minimum atomic E-state index is -0.250. The molecule has 0 atom stereocenters. The van der Waals surface area contributed by atoms with E-state index in [2.05, 4.69) is 32.1 Å². The van der Waals surface area contributed by atoms with Gasteiger partial charge in [-0.2, -0.15) is 0 Å². The molecule has 0 bridgehead atoms. The van der Waals surface area contributed by atoms with Gasteiger partial charge in [-0.05, 0) is 37.7 Å². The van der Waals surface area contributed by atoms with Crippen LogP contribution >= 0.6 is 0 Å². The van der Waals surface area contributed by atoms with Gasteiger partial charge in [0.2, 0.25) is 11.9 Å². The molecule has 0 aliphatic carbocycles. The normalized spacial score (nSPS) is 14.1. The van der Waals surface area contributed by atoms with Crippen LogP contribution in [0.1, 0.15) is 37.6 Å². The first kappa shape index (κ1) is 22.3. The lowest BCUT2D eigenvalue weighted by Crippen LogP contribution is -2.40. The first-order valence-electron chi connectivity index (χ1n) is 9.95. The summed E-state index contributed by atoms with van der Waals surface area (Å²) in [6.07, 6.45) is 11.7. The Bertz CT molecular complexity index is 754. The number of nitrogens with zero attached hydrogens (tertiary/aromatic N) is 5. The maximum Gasteiger partial charge on any atom is 0.290 e. The average Bonchev–Trinajstić information content (AvgIpc) is 3.13. The Kier molecular flexibility index (Phi) is 9.07. The van der Waals surface area contributed by atoms with Gasteiger partial charge in [-0.25, -0.2) is 15.0 Å². The Balaban J connectivity index is 0.000000941. The lowest BCUT2D eigenvalue weighted by Gasteiger charge is -2.32. The molecule has 1 aliphatic heterocycles. The first-order chi connectivity index (χ1) is 14.1. The Morgan fingerprint density at radius 3 is 2.48 bits per heavy atom. The summed E-state index contributed by atoms with van der Waals surface area (Å²) in [6.45, 7) is 6.76. The lowest BCUT2D eigenvalue weighted by atomic mass is 9.97. The average molecular weight is 402 g/mol. The fourth-order valence-electron chi connectivity index (χ4n) is 3.31. The summed E-state index contributed by atoms with van der Waals surface area (Å²) < 4.78 is 1.86. The summed E-state index contributed by atoms with van der Waals surface area (Å²) in [5.41, 5.74) is 1.20. The summed E-state index contributed by atoms with van der Waals surface area (Å²) in [4.78, 5) is 35.8. The van der Waals surface area contributed by atoms with Crippen molar-refractivity contribution in [2.75, 3.05) is 24.5 Å². The third kappa shape index (κ3) is 7.17. The molecule has 2 N–H and O–H groups in total. The van der Waals surface area contributed by atoms with Gasteiger partial charge in [-0.1, -0.05) is 13.3 Å². The van der Waals surface area contributed by atoms with Crippen LogP contribution in [-0.4, -0.2) is 56.6 Å². The van der Waals surface area contributed by atoms with Crippen molar-refractivity contribution in [3.63, 3.8) is 0 Å². The van der Waals surface area contributed by atoms with E-state index in [9.17, 15) is 4.79 Å². The van der Waals surface area contributed by atoms with Crippen molar-refractivity contribution in [2.24, 2.45) is 5.92 Å². The molecule has 0 aromatic carbocycles. The Morgan fingerprint density at radius 2 is 1.93 bits per heavy atom. The Hall–Kier alpha value is -2.97. The summed E-state index contributed by atoms with van der Waals surface area (Å²) in [5, 5.41) is 9.95. The van der Waals surface area contributed by atoms with Crippen LogP contribution in [0.3, 0.4) is 0 Å². The highest BCUT2D eigenvalue weighted by Crippen LogP contribution is 2.20. The van der Waals surface area contributed by atoms with E-state index in [4.69, 9.17) is 9.90 Å². The van der Waals surface area contributed by atoms with Gasteiger partial charge in [0.25, 0.3) is 6.47 Å². The highest BCUT2D eigenvalue weighted by molar-refractivity contribution is 5.75. The summed E-state index contributed by atoms with van der Waals surface area (Å²) in [7, 11) is 0. The van der Waals surface area contributed by atoms with Crippen molar-refractivity contribution in [1.29, 1.82) is 0 Å². The zero-order valence-corrected chi connectivity index (χ0v) is 17.1. The fourth-order valence-corrected chi connectivity index (χ4v) is 3.31. The highest BCUT2D eigenvalue weighted by atomic mass is 16.3. The number of carboxylic acid groups (broad SMARTS) is 1. The standard InChI is InChI=1S/C19H28N6O.CH2O2/c1-3-4-17-12-22-19(23-13-17)24-8-5-16(6-9-24)11-21-18(26)14-25-10-7-20-15(25)2;2-1-3/h7,10,12-13,16H,3-6,8-9,11,14H2,1-2H3,(H,21,26);1H,(H,2,3). The Morgan fingerprint density at radius 1 is 1.28 bits per heavy atom. The highest BCUT2D eigenvalue weighted by Gasteiger charge is 2.21. The molecule has 2 aromatic heterocycles. The second-order valence-electron chi connectivity index (χ2n) is 7.08. The van der Waals surface area contributed by atoms with E-state index in [0.29, 0.717) is 12.5 Å². The number of aryl methyl sites for hydroxylation is 2. The smallest absolute Gasteiger partial charge is 0.290 e.